The van der Waals surface area contributed by atoms with Crippen molar-refractivity contribution in [2.45, 2.75) is 25.3 Å². The lowest BCUT2D eigenvalue weighted by Crippen LogP contribution is -2.31. The lowest BCUT2D eigenvalue weighted by atomic mass is 9.87. The number of rotatable bonds is 7. The van der Waals surface area contributed by atoms with Crippen LogP contribution in [-0.2, 0) is 11.2 Å². The largest absolute Gasteiger partial charge is 0.493 e. The molecule has 0 saturated carbocycles. The third-order valence-electron chi connectivity index (χ3n) is 4.87. The number of nitrogens with two attached hydrogens (primary N) is 2. The summed E-state index contributed by atoms with van der Waals surface area (Å²) in [5.41, 5.74) is 14.3. The lowest BCUT2D eigenvalue weighted by molar-refractivity contribution is -0.120. The second-order valence-corrected chi connectivity index (χ2v) is 6.84. The summed E-state index contributed by atoms with van der Waals surface area (Å²) in [6, 6.07) is 8.76. The Balaban J connectivity index is 1.85. The minimum atomic E-state index is -0.632. The molecule has 0 spiro atoms. The molecule has 0 saturated heterocycles. The Kier molecular flexibility index (Phi) is 6.11. The fraction of sp³-hybridized carbons (Fsp3) is 0.333. The smallest absolute Gasteiger partial charge is 0.255 e. The molecule has 0 aromatic heterocycles. The van der Waals surface area contributed by atoms with E-state index in [1.54, 1.807) is 12.1 Å². The summed E-state index contributed by atoms with van der Waals surface area (Å²) >= 11 is 0. The van der Waals surface area contributed by atoms with Gasteiger partial charge in [0.2, 0.25) is 5.75 Å². The number of primary amides is 1. The number of carbonyl (C=O) groups is 2. The van der Waals surface area contributed by atoms with Crippen LogP contribution >= 0.6 is 0 Å². The average Bonchev–Trinajstić information content (AvgIpc) is 2.71. The third kappa shape index (κ3) is 4.53. The van der Waals surface area contributed by atoms with E-state index < -0.39 is 5.91 Å². The van der Waals surface area contributed by atoms with Crippen LogP contribution in [0, 0.1) is 0 Å². The Labute approximate surface area is 169 Å². The van der Waals surface area contributed by atoms with Gasteiger partial charge in [0.1, 0.15) is 0 Å². The van der Waals surface area contributed by atoms with Gasteiger partial charge in [-0.3, -0.25) is 9.59 Å². The number of nitrogens with one attached hydrogen (secondary N) is 1. The molecule has 2 aromatic carbocycles. The van der Waals surface area contributed by atoms with Crippen molar-refractivity contribution in [1.29, 1.82) is 0 Å². The number of amides is 2. The topological polar surface area (TPSA) is 126 Å². The maximum atomic E-state index is 12.9. The van der Waals surface area contributed by atoms with Crippen molar-refractivity contribution in [3.05, 3.63) is 47.0 Å². The highest BCUT2D eigenvalue weighted by molar-refractivity contribution is 5.96. The van der Waals surface area contributed by atoms with E-state index >= 15 is 0 Å². The zero-order chi connectivity index (χ0) is 21.0. The van der Waals surface area contributed by atoms with E-state index in [0.717, 1.165) is 36.1 Å². The van der Waals surface area contributed by atoms with Crippen molar-refractivity contribution in [2.75, 3.05) is 26.6 Å². The Morgan fingerprint density at radius 2 is 1.83 bits per heavy atom. The molecule has 1 aliphatic rings. The molecule has 0 radical (unpaired) electrons. The van der Waals surface area contributed by atoms with Crippen molar-refractivity contribution < 1.29 is 23.8 Å². The van der Waals surface area contributed by atoms with E-state index in [-0.39, 0.29) is 35.8 Å². The molecule has 154 valence electrons. The number of carbonyl (C=O) groups excluding carboxylic acids is 2. The molecule has 0 fully saturated rings. The summed E-state index contributed by atoms with van der Waals surface area (Å²) in [7, 11) is 2.88. The predicted molar refractivity (Wildman–Crippen MR) is 108 cm³/mol. The summed E-state index contributed by atoms with van der Waals surface area (Å²) in [6.07, 6.45) is 2.75. The zero-order valence-electron chi connectivity index (χ0n) is 16.5. The first-order chi connectivity index (χ1) is 13.9. The van der Waals surface area contributed by atoms with Crippen LogP contribution < -0.4 is 31.0 Å². The molecular weight excluding hydrogens is 374 g/mol. The molecule has 29 heavy (non-hydrogen) atoms. The van der Waals surface area contributed by atoms with Crippen LogP contribution in [0.5, 0.6) is 17.2 Å². The second-order valence-electron chi connectivity index (χ2n) is 6.84. The van der Waals surface area contributed by atoms with Crippen LogP contribution in [0.15, 0.2) is 30.3 Å². The quantitative estimate of drug-likeness (QED) is 0.611. The maximum absolute atomic E-state index is 12.9. The second kappa shape index (κ2) is 8.72. The molecule has 2 amide bonds. The molecule has 1 aliphatic carbocycles. The standard InChI is InChI=1S/C21H25N3O5/c1-27-17-9-13(10-18(28-2)20(17)29-11-19(23)25)21(26)24-16-5-3-4-12-8-14(22)6-7-15(12)16/h6-10,16H,3-5,11,22H2,1-2H3,(H2,23,25)(H,24,26). The maximum Gasteiger partial charge on any atom is 0.255 e. The molecule has 0 heterocycles. The van der Waals surface area contributed by atoms with Crippen molar-refractivity contribution >= 4 is 17.5 Å². The average molecular weight is 399 g/mol. The molecule has 8 heteroatoms. The van der Waals surface area contributed by atoms with Crippen LogP contribution in [0.25, 0.3) is 0 Å². The van der Waals surface area contributed by atoms with E-state index in [4.69, 9.17) is 25.7 Å². The Morgan fingerprint density at radius 1 is 1.14 bits per heavy atom. The molecule has 1 atom stereocenters. The number of hydrogen-bond donors (Lipinski definition) is 3. The van der Waals surface area contributed by atoms with E-state index in [0.29, 0.717) is 5.56 Å². The summed E-state index contributed by atoms with van der Waals surface area (Å²) in [4.78, 5) is 24.0. The van der Waals surface area contributed by atoms with Crippen molar-refractivity contribution in [3.63, 3.8) is 0 Å². The molecule has 0 bridgehead atoms. The SMILES string of the molecule is COc1cc(C(=O)NC2CCCc3cc(N)ccc32)cc(OC)c1OCC(N)=O. The zero-order valence-corrected chi connectivity index (χ0v) is 16.5. The van der Waals surface area contributed by atoms with Gasteiger partial charge >= 0.3 is 0 Å². The van der Waals surface area contributed by atoms with E-state index in [9.17, 15) is 9.59 Å². The molecule has 1 unspecified atom stereocenters. The van der Waals surface area contributed by atoms with Crippen LogP contribution in [0.1, 0.15) is 40.4 Å². The van der Waals surface area contributed by atoms with Gasteiger partial charge in [-0.1, -0.05) is 6.07 Å². The molecule has 5 N–H and O–H groups in total. The van der Waals surface area contributed by atoms with Crippen molar-refractivity contribution in [3.8, 4) is 17.2 Å². The van der Waals surface area contributed by atoms with Gasteiger partial charge in [0.25, 0.3) is 11.8 Å². The summed E-state index contributed by atoms with van der Waals surface area (Å²) in [5.74, 6) is -0.144. The van der Waals surface area contributed by atoms with E-state index in [1.807, 2.05) is 18.2 Å². The van der Waals surface area contributed by atoms with E-state index in [2.05, 4.69) is 5.32 Å². The van der Waals surface area contributed by atoms with Gasteiger partial charge in [-0.05, 0) is 54.7 Å². The fourth-order valence-electron chi connectivity index (χ4n) is 3.52. The van der Waals surface area contributed by atoms with Gasteiger partial charge in [0.05, 0.1) is 20.3 Å². The first kappa shape index (κ1) is 20.3. The summed E-state index contributed by atoms with van der Waals surface area (Å²) in [6.45, 7) is -0.333. The number of hydrogen-bond acceptors (Lipinski definition) is 6. The Hall–Kier alpha value is -3.42. The highest BCUT2D eigenvalue weighted by Gasteiger charge is 2.24. The summed E-state index contributed by atoms with van der Waals surface area (Å²) in [5, 5.41) is 3.08. The minimum Gasteiger partial charge on any atom is -0.493 e. The van der Waals surface area contributed by atoms with Crippen molar-refractivity contribution in [1.82, 2.24) is 5.32 Å². The Morgan fingerprint density at radius 3 is 2.45 bits per heavy atom. The minimum absolute atomic E-state index is 0.102. The number of fused-ring (bicyclic) bond motifs is 1. The first-order valence-corrected chi connectivity index (χ1v) is 9.29. The van der Waals surface area contributed by atoms with Crippen LogP contribution in [0.4, 0.5) is 5.69 Å². The van der Waals surface area contributed by atoms with Gasteiger partial charge in [-0.2, -0.15) is 0 Å². The monoisotopic (exact) mass is 399 g/mol. The Bertz CT molecular complexity index is 904. The predicted octanol–water partition coefficient (Wildman–Crippen LogP) is 1.96. The molecule has 3 rings (SSSR count). The number of ether oxygens (including phenoxy) is 3. The van der Waals surface area contributed by atoms with Crippen molar-refractivity contribution in [2.24, 2.45) is 5.73 Å². The first-order valence-electron chi connectivity index (χ1n) is 9.29. The molecular formula is C21H25N3O5. The number of aryl methyl sites for hydroxylation is 1. The fourth-order valence-corrected chi connectivity index (χ4v) is 3.52. The normalized spacial score (nSPS) is 15.2. The highest BCUT2D eigenvalue weighted by atomic mass is 16.5. The summed E-state index contributed by atoms with van der Waals surface area (Å²) < 4.78 is 16.0. The van der Waals surface area contributed by atoms with Crippen LogP contribution in [0.3, 0.4) is 0 Å². The van der Waals surface area contributed by atoms with Gasteiger partial charge in [-0.15, -0.1) is 0 Å². The molecule has 0 aliphatic heterocycles. The number of anilines is 1. The van der Waals surface area contributed by atoms with Crippen LogP contribution in [0.2, 0.25) is 0 Å². The molecule has 2 aromatic rings. The van der Waals surface area contributed by atoms with Gasteiger partial charge in [0, 0.05) is 11.3 Å². The highest BCUT2D eigenvalue weighted by Crippen LogP contribution is 2.39. The third-order valence-corrected chi connectivity index (χ3v) is 4.87. The lowest BCUT2D eigenvalue weighted by Gasteiger charge is -2.27. The van der Waals surface area contributed by atoms with Gasteiger partial charge in [0.15, 0.2) is 18.1 Å². The van der Waals surface area contributed by atoms with E-state index in [1.165, 1.54) is 14.2 Å². The van der Waals surface area contributed by atoms with Gasteiger partial charge < -0.3 is 31.0 Å². The number of benzene rings is 2. The van der Waals surface area contributed by atoms with Gasteiger partial charge in [-0.25, -0.2) is 0 Å². The molecule has 8 nitrogen and oxygen atoms in total. The van der Waals surface area contributed by atoms with Crippen LogP contribution in [-0.4, -0.2) is 32.6 Å². The number of methoxy groups -OCH3 is 2. The number of nitrogen functional groups attached to an aromatic ring is 1.